The van der Waals surface area contributed by atoms with Crippen molar-refractivity contribution >= 4 is 17.6 Å². The maximum Gasteiger partial charge on any atom is 0.335 e. The fraction of sp³-hybridized carbons (Fsp3) is 0.235. The molecule has 1 N–H and O–H groups in total. The van der Waals surface area contributed by atoms with Crippen molar-refractivity contribution < 1.29 is 9.90 Å². The van der Waals surface area contributed by atoms with Crippen LogP contribution in [0, 0.1) is 0 Å². The normalized spacial score (nSPS) is 12.4. The van der Waals surface area contributed by atoms with Crippen LogP contribution in [0.25, 0.3) is 0 Å². The highest BCUT2D eigenvalue weighted by atomic mass is 35.5. The van der Waals surface area contributed by atoms with Gasteiger partial charge in [-0.15, -0.1) is 0 Å². The first-order valence-electron chi connectivity index (χ1n) is 6.76. The SMILES string of the molecule is CC(c1ccccc1Cl)N(C)Cc1ccc(C(=O)O)cc1. The molecule has 0 aliphatic carbocycles. The van der Waals surface area contributed by atoms with Gasteiger partial charge in [0.2, 0.25) is 0 Å². The molecule has 0 amide bonds. The summed E-state index contributed by atoms with van der Waals surface area (Å²) in [6.07, 6.45) is 0. The zero-order valence-corrected chi connectivity index (χ0v) is 12.8. The minimum atomic E-state index is -0.903. The number of halogens is 1. The average Bonchev–Trinajstić information content (AvgIpc) is 2.47. The molecule has 2 rings (SSSR count). The number of benzene rings is 2. The van der Waals surface area contributed by atoms with Crippen LogP contribution in [0.3, 0.4) is 0 Å². The molecular weight excluding hydrogens is 286 g/mol. The average molecular weight is 304 g/mol. The summed E-state index contributed by atoms with van der Waals surface area (Å²) >= 11 is 6.23. The van der Waals surface area contributed by atoms with Crippen LogP contribution in [0.15, 0.2) is 48.5 Å². The van der Waals surface area contributed by atoms with E-state index in [-0.39, 0.29) is 6.04 Å². The molecule has 110 valence electrons. The molecule has 4 heteroatoms. The third-order valence-corrected chi connectivity index (χ3v) is 3.99. The lowest BCUT2D eigenvalue weighted by Gasteiger charge is -2.26. The van der Waals surface area contributed by atoms with Gasteiger partial charge in [-0.1, -0.05) is 41.9 Å². The Kier molecular flexibility index (Phi) is 4.99. The molecule has 0 aromatic heterocycles. The van der Waals surface area contributed by atoms with Crippen LogP contribution in [-0.2, 0) is 6.54 Å². The molecule has 0 saturated carbocycles. The zero-order chi connectivity index (χ0) is 15.4. The molecule has 0 saturated heterocycles. The molecule has 1 atom stereocenters. The highest BCUT2D eigenvalue weighted by Crippen LogP contribution is 2.27. The second-order valence-electron chi connectivity index (χ2n) is 5.11. The molecule has 21 heavy (non-hydrogen) atoms. The van der Waals surface area contributed by atoms with Crippen LogP contribution in [0.1, 0.15) is 34.5 Å². The van der Waals surface area contributed by atoms with Gasteiger partial charge in [0.05, 0.1) is 5.56 Å². The minimum absolute atomic E-state index is 0.179. The molecule has 2 aromatic carbocycles. The van der Waals surface area contributed by atoms with Crippen molar-refractivity contribution in [2.45, 2.75) is 19.5 Å². The number of hydrogen-bond acceptors (Lipinski definition) is 2. The van der Waals surface area contributed by atoms with Crippen molar-refractivity contribution in [1.29, 1.82) is 0 Å². The Morgan fingerprint density at radius 3 is 2.38 bits per heavy atom. The number of carboxylic acids is 1. The van der Waals surface area contributed by atoms with Gasteiger partial charge >= 0.3 is 5.97 Å². The van der Waals surface area contributed by atoms with Gasteiger partial charge in [0.15, 0.2) is 0 Å². The maximum atomic E-state index is 10.8. The second kappa shape index (κ2) is 6.74. The lowest BCUT2D eigenvalue weighted by atomic mass is 10.1. The van der Waals surface area contributed by atoms with Crippen molar-refractivity contribution in [2.75, 3.05) is 7.05 Å². The summed E-state index contributed by atoms with van der Waals surface area (Å²) in [5, 5.41) is 9.66. The summed E-state index contributed by atoms with van der Waals surface area (Å²) in [7, 11) is 2.03. The van der Waals surface area contributed by atoms with Crippen LogP contribution >= 0.6 is 11.6 Å². The Hall–Kier alpha value is -1.84. The Balaban J connectivity index is 2.08. The number of rotatable bonds is 5. The molecular formula is C17H18ClNO2. The Morgan fingerprint density at radius 1 is 1.19 bits per heavy atom. The van der Waals surface area contributed by atoms with Crippen LogP contribution in [0.4, 0.5) is 0 Å². The fourth-order valence-corrected chi connectivity index (χ4v) is 2.52. The summed E-state index contributed by atoms with van der Waals surface area (Å²) in [6.45, 7) is 2.83. The molecule has 0 spiro atoms. The van der Waals surface area contributed by atoms with Crippen LogP contribution < -0.4 is 0 Å². The largest absolute Gasteiger partial charge is 0.478 e. The third kappa shape index (κ3) is 3.84. The molecule has 1 unspecified atom stereocenters. The third-order valence-electron chi connectivity index (χ3n) is 3.65. The number of nitrogens with zero attached hydrogens (tertiary/aromatic N) is 1. The second-order valence-corrected chi connectivity index (χ2v) is 5.52. The van der Waals surface area contributed by atoms with Gasteiger partial charge in [-0.25, -0.2) is 4.79 Å². The lowest BCUT2D eigenvalue weighted by molar-refractivity contribution is 0.0697. The highest BCUT2D eigenvalue weighted by molar-refractivity contribution is 6.31. The van der Waals surface area contributed by atoms with E-state index in [1.165, 1.54) is 0 Å². The summed E-state index contributed by atoms with van der Waals surface area (Å²) < 4.78 is 0. The van der Waals surface area contributed by atoms with E-state index in [0.717, 1.165) is 22.7 Å². The first-order valence-corrected chi connectivity index (χ1v) is 7.13. The van der Waals surface area contributed by atoms with Crippen LogP contribution in [-0.4, -0.2) is 23.0 Å². The lowest BCUT2D eigenvalue weighted by Crippen LogP contribution is -2.22. The van der Waals surface area contributed by atoms with E-state index < -0.39 is 5.97 Å². The molecule has 2 aromatic rings. The van der Waals surface area contributed by atoms with E-state index in [0.29, 0.717) is 5.56 Å². The Bertz CT molecular complexity index is 625. The van der Waals surface area contributed by atoms with Gasteiger partial charge < -0.3 is 5.11 Å². The van der Waals surface area contributed by atoms with E-state index in [2.05, 4.69) is 11.8 Å². The van der Waals surface area contributed by atoms with E-state index in [1.54, 1.807) is 12.1 Å². The monoisotopic (exact) mass is 303 g/mol. The Labute approximate surface area is 129 Å². The van der Waals surface area contributed by atoms with Crippen molar-refractivity contribution in [1.82, 2.24) is 4.90 Å². The van der Waals surface area contributed by atoms with E-state index in [1.807, 2.05) is 43.4 Å². The van der Waals surface area contributed by atoms with E-state index in [4.69, 9.17) is 16.7 Å². The standard InChI is InChI=1S/C17H18ClNO2/c1-12(15-5-3-4-6-16(15)18)19(2)11-13-7-9-14(10-8-13)17(20)21/h3-10,12H,11H2,1-2H3,(H,20,21). The van der Waals surface area contributed by atoms with Crippen molar-refractivity contribution in [3.05, 3.63) is 70.2 Å². The van der Waals surface area contributed by atoms with Crippen LogP contribution in [0.2, 0.25) is 5.02 Å². The highest BCUT2D eigenvalue weighted by Gasteiger charge is 2.14. The predicted molar refractivity (Wildman–Crippen MR) is 84.7 cm³/mol. The number of carboxylic acid groups (broad SMARTS) is 1. The van der Waals surface area contributed by atoms with Gasteiger partial charge in [0, 0.05) is 17.6 Å². The van der Waals surface area contributed by atoms with Gasteiger partial charge in [-0.3, -0.25) is 4.90 Å². The van der Waals surface area contributed by atoms with Gasteiger partial charge in [0.1, 0.15) is 0 Å². The molecule has 0 heterocycles. The van der Waals surface area contributed by atoms with E-state index in [9.17, 15) is 4.79 Å². The zero-order valence-electron chi connectivity index (χ0n) is 12.1. The summed E-state index contributed by atoms with van der Waals surface area (Å²) in [4.78, 5) is 13.0. The molecule has 3 nitrogen and oxygen atoms in total. The summed E-state index contributed by atoms with van der Waals surface area (Å²) in [5.74, 6) is -0.903. The van der Waals surface area contributed by atoms with Gasteiger partial charge in [-0.05, 0) is 43.3 Å². The summed E-state index contributed by atoms with van der Waals surface area (Å²) in [6, 6.07) is 14.9. The van der Waals surface area contributed by atoms with Gasteiger partial charge in [-0.2, -0.15) is 0 Å². The summed E-state index contributed by atoms with van der Waals surface area (Å²) in [5.41, 5.74) is 2.46. The maximum absolute atomic E-state index is 10.8. The van der Waals surface area contributed by atoms with Crippen molar-refractivity contribution in [3.63, 3.8) is 0 Å². The molecule has 0 fully saturated rings. The van der Waals surface area contributed by atoms with Crippen molar-refractivity contribution in [3.8, 4) is 0 Å². The topological polar surface area (TPSA) is 40.5 Å². The molecule has 0 aliphatic heterocycles. The van der Waals surface area contributed by atoms with Crippen molar-refractivity contribution in [2.24, 2.45) is 0 Å². The molecule has 0 bridgehead atoms. The number of carbonyl (C=O) groups is 1. The van der Waals surface area contributed by atoms with Crippen LogP contribution in [0.5, 0.6) is 0 Å². The van der Waals surface area contributed by atoms with E-state index >= 15 is 0 Å². The first kappa shape index (κ1) is 15.5. The van der Waals surface area contributed by atoms with Gasteiger partial charge in [0.25, 0.3) is 0 Å². The quantitative estimate of drug-likeness (QED) is 0.898. The molecule has 0 aliphatic rings. The first-order chi connectivity index (χ1) is 9.99. The molecule has 0 radical (unpaired) electrons. The smallest absolute Gasteiger partial charge is 0.335 e. The fourth-order valence-electron chi connectivity index (χ4n) is 2.23. The Morgan fingerprint density at radius 2 is 1.81 bits per heavy atom. The minimum Gasteiger partial charge on any atom is -0.478 e. The predicted octanol–water partition coefficient (Wildman–Crippen LogP) is 4.23. The number of hydrogen-bond donors (Lipinski definition) is 1. The number of aromatic carboxylic acids is 1.